The van der Waals surface area contributed by atoms with Crippen molar-refractivity contribution in [1.82, 2.24) is 9.29 Å². The third-order valence-corrected chi connectivity index (χ3v) is 9.62. The van der Waals surface area contributed by atoms with Crippen molar-refractivity contribution in [1.29, 1.82) is 0 Å². The number of anilines is 1. The average molecular weight is 512 g/mol. The summed E-state index contributed by atoms with van der Waals surface area (Å²) in [7, 11) is -3.67. The van der Waals surface area contributed by atoms with Gasteiger partial charge in [0.2, 0.25) is 12.7 Å². The SMILES string of the molecule is O=C(Nc1nc(-c2ccc3c(c2)OCO3)cs1)C1CCCN(S(=O)(=O)c2ccc(Cl)s2)C1. The first-order chi connectivity index (χ1) is 15.4. The first-order valence-electron chi connectivity index (χ1n) is 9.82. The van der Waals surface area contributed by atoms with E-state index < -0.39 is 15.9 Å². The van der Waals surface area contributed by atoms with Crippen molar-refractivity contribution in [3.8, 4) is 22.8 Å². The number of hydrogen-bond acceptors (Lipinski definition) is 8. The molecule has 5 rings (SSSR count). The van der Waals surface area contributed by atoms with Gasteiger partial charge in [-0.15, -0.1) is 22.7 Å². The zero-order valence-electron chi connectivity index (χ0n) is 16.6. The summed E-state index contributed by atoms with van der Waals surface area (Å²) in [5, 5.41) is 5.16. The van der Waals surface area contributed by atoms with E-state index >= 15 is 0 Å². The lowest BCUT2D eigenvalue weighted by Crippen LogP contribution is -2.43. The highest BCUT2D eigenvalue weighted by atomic mass is 35.5. The molecular weight excluding hydrogens is 494 g/mol. The van der Waals surface area contributed by atoms with Gasteiger partial charge in [-0.25, -0.2) is 13.4 Å². The van der Waals surface area contributed by atoms with E-state index in [1.807, 2.05) is 23.6 Å². The average Bonchev–Trinajstić information content (AvgIpc) is 3.54. The number of ether oxygens (including phenoxy) is 2. The molecule has 12 heteroatoms. The Balaban J connectivity index is 1.26. The summed E-state index contributed by atoms with van der Waals surface area (Å²) in [5.74, 6) is 0.670. The normalized spacial score (nSPS) is 18.6. The van der Waals surface area contributed by atoms with Crippen LogP contribution in [0.1, 0.15) is 12.8 Å². The molecule has 1 N–H and O–H groups in total. The van der Waals surface area contributed by atoms with Crippen molar-refractivity contribution in [2.24, 2.45) is 5.92 Å². The van der Waals surface area contributed by atoms with Gasteiger partial charge in [0.25, 0.3) is 10.0 Å². The van der Waals surface area contributed by atoms with Gasteiger partial charge in [-0.1, -0.05) is 11.6 Å². The fourth-order valence-electron chi connectivity index (χ4n) is 3.67. The van der Waals surface area contributed by atoms with Gasteiger partial charge in [-0.2, -0.15) is 4.31 Å². The second-order valence-corrected chi connectivity index (χ2v) is 12.1. The lowest BCUT2D eigenvalue weighted by atomic mass is 9.99. The maximum absolute atomic E-state index is 12.9. The van der Waals surface area contributed by atoms with Crippen molar-refractivity contribution in [2.45, 2.75) is 17.1 Å². The van der Waals surface area contributed by atoms with Crippen LogP contribution in [0, 0.1) is 5.92 Å². The van der Waals surface area contributed by atoms with Crippen molar-refractivity contribution >= 4 is 55.3 Å². The number of sulfonamides is 1. The number of thiophene rings is 1. The van der Waals surface area contributed by atoms with E-state index in [4.69, 9.17) is 21.1 Å². The van der Waals surface area contributed by atoms with E-state index in [2.05, 4.69) is 10.3 Å². The molecule has 4 heterocycles. The summed E-state index contributed by atoms with van der Waals surface area (Å²) in [6.07, 6.45) is 1.22. The molecule has 0 radical (unpaired) electrons. The summed E-state index contributed by atoms with van der Waals surface area (Å²) in [6, 6.07) is 8.62. The molecular formula is C20H18ClN3O5S3. The Morgan fingerprint density at radius 1 is 1.22 bits per heavy atom. The Bertz CT molecular complexity index is 1270. The number of nitrogens with zero attached hydrogens (tertiary/aromatic N) is 2. The van der Waals surface area contributed by atoms with Gasteiger partial charge in [0.15, 0.2) is 16.6 Å². The van der Waals surface area contributed by atoms with Crippen LogP contribution in [0.4, 0.5) is 5.13 Å². The lowest BCUT2D eigenvalue weighted by Gasteiger charge is -2.30. The molecule has 1 amide bonds. The predicted octanol–water partition coefficient (Wildman–Crippen LogP) is 4.29. The van der Waals surface area contributed by atoms with E-state index in [0.717, 1.165) is 16.9 Å². The monoisotopic (exact) mass is 511 g/mol. The van der Waals surface area contributed by atoms with Gasteiger partial charge in [0.1, 0.15) is 4.21 Å². The number of nitrogens with one attached hydrogen (secondary N) is 1. The van der Waals surface area contributed by atoms with E-state index in [9.17, 15) is 13.2 Å². The Kier molecular flexibility index (Phi) is 5.84. The molecule has 2 aliphatic heterocycles. The number of carbonyl (C=O) groups is 1. The third kappa shape index (κ3) is 4.23. The van der Waals surface area contributed by atoms with Gasteiger partial charge < -0.3 is 14.8 Å². The first-order valence-corrected chi connectivity index (χ1v) is 13.3. The summed E-state index contributed by atoms with van der Waals surface area (Å²) < 4.78 is 38.5. The van der Waals surface area contributed by atoms with Gasteiger partial charge in [-0.3, -0.25) is 4.79 Å². The minimum Gasteiger partial charge on any atom is -0.454 e. The topological polar surface area (TPSA) is 97.8 Å². The van der Waals surface area contributed by atoms with Crippen LogP contribution in [0.3, 0.4) is 0 Å². The molecule has 1 atom stereocenters. The zero-order chi connectivity index (χ0) is 22.3. The summed E-state index contributed by atoms with van der Waals surface area (Å²) in [4.78, 5) is 17.4. The Morgan fingerprint density at radius 2 is 2.06 bits per heavy atom. The van der Waals surface area contributed by atoms with E-state index in [1.165, 1.54) is 21.7 Å². The highest BCUT2D eigenvalue weighted by Gasteiger charge is 2.34. The second kappa shape index (κ2) is 8.64. The number of piperidine rings is 1. The molecule has 0 bridgehead atoms. The summed E-state index contributed by atoms with van der Waals surface area (Å²) >= 11 is 8.24. The standard InChI is InChI=1S/C20H18ClN3O5S3/c21-17-5-6-18(31-17)32(26,27)24-7-1-2-13(9-24)19(25)23-20-22-14(10-30-20)12-3-4-15-16(8-12)29-11-28-15/h3-6,8,10,13H,1-2,7,9,11H2,(H,22,23,25). The maximum atomic E-state index is 12.9. The van der Waals surface area contributed by atoms with Crippen LogP contribution in [0.15, 0.2) is 39.9 Å². The summed E-state index contributed by atoms with van der Waals surface area (Å²) in [6.45, 7) is 0.710. The van der Waals surface area contributed by atoms with Gasteiger partial charge in [0, 0.05) is 24.0 Å². The molecule has 2 aliphatic rings. The third-order valence-electron chi connectivity index (χ3n) is 5.30. The number of halogens is 1. The van der Waals surface area contributed by atoms with Crippen LogP contribution >= 0.6 is 34.3 Å². The largest absolute Gasteiger partial charge is 0.454 e. The van der Waals surface area contributed by atoms with Gasteiger partial charge in [0.05, 0.1) is 15.9 Å². The first kappa shape index (κ1) is 21.7. The minimum absolute atomic E-state index is 0.129. The van der Waals surface area contributed by atoms with Crippen LogP contribution < -0.4 is 14.8 Å². The quantitative estimate of drug-likeness (QED) is 0.548. The number of fused-ring (bicyclic) bond motifs is 1. The van der Waals surface area contributed by atoms with E-state index in [1.54, 1.807) is 6.07 Å². The minimum atomic E-state index is -3.67. The van der Waals surface area contributed by atoms with E-state index in [-0.39, 0.29) is 23.5 Å². The van der Waals surface area contributed by atoms with E-state index in [0.29, 0.717) is 46.0 Å². The fraction of sp³-hybridized carbons (Fsp3) is 0.300. The van der Waals surface area contributed by atoms with Crippen LogP contribution in [0.25, 0.3) is 11.3 Å². The number of aromatic nitrogens is 1. The second-order valence-electron chi connectivity index (χ2n) is 7.36. The number of amides is 1. The highest BCUT2D eigenvalue weighted by Crippen LogP contribution is 2.37. The Hall–Kier alpha value is -2.18. The van der Waals surface area contributed by atoms with Crippen LogP contribution in [0.5, 0.6) is 11.5 Å². The number of hydrogen-bond donors (Lipinski definition) is 1. The molecule has 0 spiro atoms. The van der Waals surface area contributed by atoms with Crippen molar-refractivity contribution in [3.05, 3.63) is 40.0 Å². The highest BCUT2D eigenvalue weighted by molar-refractivity contribution is 7.91. The molecule has 3 aromatic rings. The fourth-order valence-corrected chi connectivity index (χ4v) is 7.55. The van der Waals surface area contributed by atoms with Crippen molar-refractivity contribution < 1.29 is 22.7 Å². The molecule has 1 fully saturated rings. The number of benzene rings is 1. The molecule has 1 aromatic carbocycles. The smallest absolute Gasteiger partial charge is 0.252 e. The zero-order valence-corrected chi connectivity index (χ0v) is 19.8. The maximum Gasteiger partial charge on any atom is 0.252 e. The molecule has 32 heavy (non-hydrogen) atoms. The van der Waals surface area contributed by atoms with Crippen LogP contribution in [-0.2, 0) is 14.8 Å². The Labute approximate surface area is 197 Å². The molecule has 8 nitrogen and oxygen atoms in total. The molecule has 1 unspecified atom stereocenters. The van der Waals surface area contributed by atoms with Crippen LogP contribution in [0.2, 0.25) is 4.34 Å². The van der Waals surface area contributed by atoms with Gasteiger partial charge in [-0.05, 0) is 43.2 Å². The summed E-state index contributed by atoms with van der Waals surface area (Å²) in [5.41, 5.74) is 1.57. The van der Waals surface area contributed by atoms with Gasteiger partial charge >= 0.3 is 0 Å². The lowest BCUT2D eigenvalue weighted by molar-refractivity contribution is -0.120. The Morgan fingerprint density at radius 3 is 2.88 bits per heavy atom. The molecule has 0 aliphatic carbocycles. The van der Waals surface area contributed by atoms with Crippen molar-refractivity contribution in [2.75, 3.05) is 25.2 Å². The number of rotatable bonds is 5. The van der Waals surface area contributed by atoms with Crippen LogP contribution in [-0.4, -0.2) is 43.5 Å². The van der Waals surface area contributed by atoms with Crippen molar-refractivity contribution in [3.63, 3.8) is 0 Å². The molecule has 168 valence electrons. The molecule has 0 saturated carbocycles. The predicted molar refractivity (Wildman–Crippen MR) is 123 cm³/mol. The number of thiazole rings is 1. The molecule has 2 aromatic heterocycles. The molecule has 1 saturated heterocycles. The number of carbonyl (C=O) groups excluding carboxylic acids is 1.